The van der Waals surface area contributed by atoms with Crippen molar-refractivity contribution in [2.45, 2.75) is 25.4 Å². The quantitative estimate of drug-likeness (QED) is 0.697. The second-order valence-electron chi connectivity index (χ2n) is 7.46. The highest BCUT2D eigenvalue weighted by molar-refractivity contribution is 5.93. The van der Waals surface area contributed by atoms with E-state index in [9.17, 15) is 13.6 Å². The lowest BCUT2D eigenvalue weighted by Gasteiger charge is -2.32. The highest BCUT2D eigenvalue weighted by Gasteiger charge is 2.21. The summed E-state index contributed by atoms with van der Waals surface area (Å²) in [6.07, 6.45) is 4.57. The van der Waals surface area contributed by atoms with E-state index in [1.54, 1.807) is 24.3 Å². The normalized spacial score (nSPS) is 15.1. The molecule has 4 rings (SSSR count). The molecule has 1 fully saturated rings. The molecule has 3 aromatic rings. The summed E-state index contributed by atoms with van der Waals surface area (Å²) in [5.41, 5.74) is 1.89. The number of nitrogens with one attached hydrogen (secondary N) is 1. The van der Waals surface area contributed by atoms with Crippen LogP contribution in [0.25, 0.3) is 11.4 Å². The first-order valence-corrected chi connectivity index (χ1v) is 9.92. The lowest BCUT2D eigenvalue weighted by atomic mass is 10.0. The summed E-state index contributed by atoms with van der Waals surface area (Å²) in [5.74, 6) is -0.428. The Morgan fingerprint density at radius 3 is 2.33 bits per heavy atom. The molecule has 0 spiro atoms. The van der Waals surface area contributed by atoms with Crippen molar-refractivity contribution in [2.75, 3.05) is 13.1 Å². The standard InChI is InChI=1S/C23H22F2N4O/c24-19-5-1-3-16(11-19)15-29-9-7-21(8-10-29)28-23(30)18-13-26-22(27-14-18)17-4-2-6-20(25)12-17/h1-6,11-14,21H,7-10,15H2,(H,28,30). The number of hydrogen-bond donors (Lipinski definition) is 1. The average molecular weight is 408 g/mol. The number of carbonyl (C=O) groups is 1. The van der Waals surface area contributed by atoms with Gasteiger partial charge in [0.2, 0.25) is 0 Å². The van der Waals surface area contributed by atoms with E-state index < -0.39 is 0 Å². The summed E-state index contributed by atoms with van der Waals surface area (Å²) < 4.78 is 26.7. The van der Waals surface area contributed by atoms with Gasteiger partial charge in [-0.15, -0.1) is 0 Å². The second-order valence-corrected chi connectivity index (χ2v) is 7.46. The first-order valence-electron chi connectivity index (χ1n) is 9.92. The molecule has 0 aliphatic carbocycles. The minimum Gasteiger partial charge on any atom is -0.349 e. The van der Waals surface area contributed by atoms with Gasteiger partial charge in [-0.1, -0.05) is 24.3 Å². The number of carbonyl (C=O) groups excluding carboxylic acids is 1. The molecule has 2 aromatic carbocycles. The van der Waals surface area contributed by atoms with Gasteiger partial charge in [-0.2, -0.15) is 0 Å². The number of nitrogens with zero attached hydrogens (tertiary/aromatic N) is 3. The van der Waals surface area contributed by atoms with E-state index in [-0.39, 0.29) is 23.6 Å². The lowest BCUT2D eigenvalue weighted by molar-refractivity contribution is 0.0908. The molecule has 1 aromatic heterocycles. The molecule has 0 saturated carbocycles. The molecule has 1 amide bonds. The molecule has 1 aliphatic rings. The van der Waals surface area contributed by atoms with Crippen LogP contribution >= 0.6 is 0 Å². The smallest absolute Gasteiger partial charge is 0.254 e. The Morgan fingerprint density at radius 2 is 1.67 bits per heavy atom. The van der Waals surface area contributed by atoms with Gasteiger partial charge in [0.25, 0.3) is 5.91 Å². The Morgan fingerprint density at radius 1 is 1.00 bits per heavy atom. The van der Waals surface area contributed by atoms with Crippen molar-refractivity contribution in [1.29, 1.82) is 0 Å². The molecule has 154 valence electrons. The number of amides is 1. The summed E-state index contributed by atoms with van der Waals surface area (Å²) in [4.78, 5) is 23.2. The van der Waals surface area contributed by atoms with Crippen molar-refractivity contribution in [3.63, 3.8) is 0 Å². The molecular formula is C23H22F2N4O. The van der Waals surface area contributed by atoms with Crippen LogP contribution in [0.5, 0.6) is 0 Å². The molecule has 1 aliphatic heterocycles. The fraction of sp³-hybridized carbons (Fsp3) is 0.261. The lowest BCUT2D eigenvalue weighted by Crippen LogP contribution is -2.44. The molecule has 30 heavy (non-hydrogen) atoms. The van der Waals surface area contributed by atoms with Gasteiger partial charge in [-0.25, -0.2) is 18.7 Å². The van der Waals surface area contributed by atoms with Crippen LogP contribution < -0.4 is 5.32 Å². The summed E-state index contributed by atoms with van der Waals surface area (Å²) >= 11 is 0. The zero-order chi connectivity index (χ0) is 20.9. The fourth-order valence-corrected chi connectivity index (χ4v) is 3.62. The summed E-state index contributed by atoms with van der Waals surface area (Å²) in [6, 6.07) is 12.7. The van der Waals surface area contributed by atoms with Crippen molar-refractivity contribution in [1.82, 2.24) is 20.2 Å². The number of rotatable bonds is 5. The molecule has 1 saturated heterocycles. The number of halogens is 2. The predicted octanol–water partition coefficient (Wildman–Crippen LogP) is 3.82. The van der Waals surface area contributed by atoms with Gasteiger partial charge < -0.3 is 5.32 Å². The van der Waals surface area contributed by atoms with Crippen LogP contribution in [-0.4, -0.2) is 39.9 Å². The third-order valence-corrected chi connectivity index (χ3v) is 5.21. The first kappa shape index (κ1) is 20.1. The molecule has 0 bridgehead atoms. The third-order valence-electron chi connectivity index (χ3n) is 5.21. The minimum absolute atomic E-state index is 0.0733. The molecule has 0 radical (unpaired) electrons. The Bertz CT molecular complexity index is 1020. The van der Waals surface area contributed by atoms with E-state index in [2.05, 4.69) is 20.2 Å². The highest BCUT2D eigenvalue weighted by Crippen LogP contribution is 2.17. The van der Waals surface area contributed by atoms with Crippen molar-refractivity contribution >= 4 is 5.91 Å². The van der Waals surface area contributed by atoms with E-state index >= 15 is 0 Å². The van der Waals surface area contributed by atoms with Crippen LogP contribution in [0.15, 0.2) is 60.9 Å². The Labute approximate surface area is 173 Å². The maximum Gasteiger partial charge on any atom is 0.254 e. The third kappa shape index (κ3) is 5.04. The van der Waals surface area contributed by atoms with E-state index in [4.69, 9.17) is 0 Å². The number of piperidine rings is 1. The summed E-state index contributed by atoms with van der Waals surface area (Å²) in [5, 5.41) is 3.03. The summed E-state index contributed by atoms with van der Waals surface area (Å²) in [6.45, 7) is 2.36. The van der Waals surface area contributed by atoms with Crippen molar-refractivity contribution in [3.8, 4) is 11.4 Å². The van der Waals surface area contributed by atoms with Gasteiger partial charge in [-0.05, 0) is 42.7 Å². The molecule has 7 heteroatoms. The topological polar surface area (TPSA) is 58.1 Å². The van der Waals surface area contributed by atoms with E-state index in [0.717, 1.165) is 31.5 Å². The molecule has 5 nitrogen and oxygen atoms in total. The van der Waals surface area contributed by atoms with Crippen LogP contribution in [0.4, 0.5) is 8.78 Å². The molecule has 1 N–H and O–H groups in total. The van der Waals surface area contributed by atoms with Crippen molar-refractivity contribution < 1.29 is 13.6 Å². The van der Waals surface area contributed by atoms with Crippen LogP contribution in [-0.2, 0) is 6.54 Å². The van der Waals surface area contributed by atoms with Gasteiger partial charge in [0.05, 0.1) is 5.56 Å². The zero-order valence-electron chi connectivity index (χ0n) is 16.4. The van der Waals surface area contributed by atoms with E-state index in [1.165, 1.54) is 30.6 Å². The maximum atomic E-state index is 13.3. The molecule has 0 unspecified atom stereocenters. The molecule has 0 atom stereocenters. The summed E-state index contributed by atoms with van der Waals surface area (Å²) in [7, 11) is 0. The maximum absolute atomic E-state index is 13.3. The van der Waals surface area contributed by atoms with Gasteiger partial charge >= 0.3 is 0 Å². The van der Waals surface area contributed by atoms with E-state index in [1.807, 2.05) is 6.07 Å². The number of likely N-dealkylation sites (tertiary alicyclic amines) is 1. The largest absolute Gasteiger partial charge is 0.349 e. The van der Waals surface area contributed by atoms with Gasteiger partial charge in [0, 0.05) is 43.6 Å². The monoisotopic (exact) mass is 408 g/mol. The Balaban J connectivity index is 1.29. The van der Waals surface area contributed by atoms with Crippen molar-refractivity contribution in [2.24, 2.45) is 0 Å². The van der Waals surface area contributed by atoms with Crippen LogP contribution in [0, 0.1) is 11.6 Å². The number of hydrogen-bond acceptors (Lipinski definition) is 4. The first-order chi connectivity index (χ1) is 14.6. The van der Waals surface area contributed by atoms with Crippen LogP contribution in [0.2, 0.25) is 0 Å². The van der Waals surface area contributed by atoms with Crippen LogP contribution in [0.3, 0.4) is 0 Å². The van der Waals surface area contributed by atoms with Gasteiger partial charge in [0.1, 0.15) is 11.6 Å². The predicted molar refractivity (Wildman–Crippen MR) is 110 cm³/mol. The number of benzene rings is 2. The van der Waals surface area contributed by atoms with Crippen molar-refractivity contribution in [3.05, 3.63) is 83.7 Å². The number of aromatic nitrogens is 2. The Hall–Kier alpha value is -3.19. The average Bonchev–Trinajstić information content (AvgIpc) is 2.75. The zero-order valence-corrected chi connectivity index (χ0v) is 16.4. The minimum atomic E-state index is -0.360. The van der Waals surface area contributed by atoms with E-state index in [0.29, 0.717) is 23.5 Å². The second kappa shape index (κ2) is 9.09. The molecular weight excluding hydrogens is 386 g/mol. The van der Waals surface area contributed by atoms with Gasteiger partial charge in [-0.3, -0.25) is 9.69 Å². The molecule has 2 heterocycles. The fourth-order valence-electron chi connectivity index (χ4n) is 3.62. The SMILES string of the molecule is O=C(NC1CCN(Cc2cccc(F)c2)CC1)c1cnc(-c2cccc(F)c2)nc1. The van der Waals surface area contributed by atoms with Crippen LogP contribution in [0.1, 0.15) is 28.8 Å². The van der Waals surface area contributed by atoms with Gasteiger partial charge in [0.15, 0.2) is 5.82 Å². The highest BCUT2D eigenvalue weighted by atomic mass is 19.1. The Kier molecular flexibility index (Phi) is 6.09.